The van der Waals surface area contributed by atoms with Gasteiger partial charge in [-0.15, -0.1) is 0 Å². The summed E-state index contributed by atoms with van der Waals surface area (Å²) >= 11 is 6.12. The Kier molecular flexibility index (Phi) is 5.27. The number of benzene rings is 1. The molecule has 0 bridgehead atoms. The van der Waals surface area contributed by atoms with E-state index in [0.29, 0.717) is 11.1 Å². The van der Waals surface area contributed by atoms with E-state index in [9.17, 15) is 0 Å². The Hall–Kier alpha value is -1.47. The van der Waals surface area contributed by atoms with Crippen molar-refractivity contribution >= 4 is 11.6 Å². The largest absolute Gasteiger partial charge is 0.379 e. The lowest BCUT2D eigenvalue weighted by molar-refractivity contribution is -0.0157. The third kappa shape index (κ3) is 3.72. The number of ether oxygens (including phenoxy) is 2. The standard InChI is InChI=1S/C16H21ClN4O2/c1-22-15-6-13(7-16(15)23-2)19-8-11-3-4-12(17)5-14(11)21-10-18-9-20-21/h3-5,9-10,13,15-16,19H,6-8H2,1-2H3/t13?,15-,16+. The summed E-state index contributed by atoms with van der Waals surface area (Å²) in [5, 5.41) is 8.46. The van der Waals surface area contributed by atoms with Crippen LogP contribution in [0.5, 0.6) is 0 Å². The van der Waals surface area contributed by atoms with Gasteiger partial charge in [-0.2, -0.15) is 5.10 Å². The zero-order valence-corrected chi connectivity index (χ0v) is 14.0. The summed E-state index contributed by atoms with van der Waals surface area (Å²) in [6.07, 6.45) is 5.38. The molecule has 1 fully saturated rings. The smallest absolute Gasteiger partial charge is 0.138 e. The van der Waals surface area contributed by atoms with Crippen LogP contribution in [0, 0.1) is 0 Å². The first-order chi connectivity index (χ1) is 11.2. The highest BCUT2D eigenvalue weighted by Crippen LogP contribution is 2.26. The minimum atomic E-state index is 0.150. The van der Waals surface area contributed by atoms with Crippen molar-refractivity contribution in [3.8, 4) is 5.69 Å². The van der Waals surface area contributed by atoms with E-state index in [1.54, 1.807) is 25.2 Å². The second-order valence-electron chi connectivity index (χ2n) is 5.71. The molecule has 3 rings (SSSR count). The van der Waals surface area contributed by atoms with Gasteiger partial charge in [0.25, 0.3) is 0 Å². The Labute approximate surface area is 140 Å². The number of hydrogen-bond donors (Lipinski definition) is 1. The van der Waals surface area contributed by atoms with E-state index < -0.39 is 0 Å². The third-order valence-electron chi connectivity index (χ3n) is 4.35. The summed E-state index contributed by atoms with van der Waals surface area (Å²) in [5.74, 6) is 0. The van der Waals surface area contributed by atoms with E-state index in [-0.39, 0.29) is 12.2 Å². The van der Waals surface area contributed by atoms with Crippen molar-refractivity contribution in [3.05, 3.63) is 41.4 Å². The molecule has 1 aromatic heterocycles. The van der Waals surface area contributed by atoms with Gasteiger partial charge in [0, 0.05) is 31.8 Å². The molecule has 2 aromatic rings. The number of rotatable bonds is 6. The molecule has 1 saturated carbocycles. The number of hydrogen-bond acceptors (Lipinski definition) is 5. The second-order valence-corrected chi connectivity index (χ2v) is 6.15. The van der Waals surface area contributed by atoms with Crippen LogP contribution in [0.1, 0.15) is 18.4 Å². The van der Waals surface area contributed by atoms with E-state index in [2.05, 4.69) is 15.4 Å². The SMILES string of the molecule is CO[C@H]1CC(NCc2ccc(Cl)cc2-n2cncn2)C[C@H]1OC. The van der Waals surface area contributed by atoms with Crippen LogP contribution in [0.3, 0.4) is 0 Å². The molecule has 1 aliphatic carbocycles. The van der Waals surface area contributed by atoms with E-state index in [1.165, 1.54) is 6.33 Å². The van der Waals surface area contributed by atoms with Gasteiger partial charge in [0.05, 0.1) is 17.9 Å². The maximum absolute atomic E-state index is 6.12. The molecule has 6 nitrogen and oxygen atoms in total. The van der Waals surface area contributed by atoms with Crippen LogP contribution in [-0.4, -0.2) is 47.2 Å². The molecular weight excluding hydrogens is 316 g/mol. The number of methoxy groups -OCH3 is 2. The number of aromatic nitrogens is 3. The zero-order valence-electron chi connectivity index (χ0n) is 13.3. The van der Waals surface area contributed by atoms with Crippen molar-refractivity contribution in [2.75, 3.05) is 14.2 Å². The fourth-order valence-corrected chi connectivity index (χ4v) is 3.28. The summed E-state index contributed by atoms with van der Waals surface area (Å²) in [6.45, 7) is 0.726. The first-order valence-electron chi connectivity index (χ1n) is 7.63. The minimum Gasteiger partial charge on any atom is -0.379 e. The third-order valence-corrected chi connectivity index (χ3v) is 4.58. The number of nitrogens with one attached hydrogen (secondary N) is 1. The van der Waals surface area contributed by atoms with Crippen molar-refractivity contribution in [2.45, 2.75) is 37.6 Å². The molecule has 1 N–H and O–H groups in total. The Morgan fingerprint density at radius 2 is 2.00 bits per heavy atom. The van der Waals surface area contributed by atoms with Crippen LogP contribution >= 0.6 is 11.6 Å². The van der Waals surface area contributed by atoms with Crippen molar-refractivity contribution in [1.29, 1.82) is 0 Å². The monoisotopic (exact) mass is 336 g/mol. The van der Waals surface area contributed by atoms with Gasteiger partial charge in [0.1, 0.15) is 12.7 Å². The molecule has 0 aliphatic heterocycles. The molecular formula is C16H21ClN4O2. The van der Waals surface area contributed by atoms with Gasteiger partial charge < -0.3 is 14.8 Å². The Balaban J connectivity index is 1.70. The van der Waals surface area contributed by atoms with Crippen molar-refractivity contribution in [1.82, 2.24) is 20.1 Å². The molecule has 3 atom stereocenters. The van der Waals surface area contributed by atoms with Crippen molar-refractivity contribution < 1.29 is 9.47 Å². The summed E-state index contributed by atoms with van der Waals surface area (Å²) in [7, 11) is 3.47. The van der Waals surface area contributed by atoms with Crippen molar-refractivity contribution in [2.24, 2.45) is 0 Å². The topological polar surface area (TPSA) is 61.2 Å². The summed E-state index contributed by atoms with van der Waals surface area (Å²) in [6, 6.07) is 6.17. The van der Waals surface area contributed by atoms with Crippen LogP contribution in [-0.2, 0) is 16.0 Å². The van der Waals surface area contributed by atoms with E-state index >= 15 is 0 Å². The quantitative estimate of drug-likeness (QED) is 0.876. The lowest BCUT2D eigenvalue weighted by atomic mass is 10.1. The molecule has 1 aliphatic rings. The van der Waals surface area contributed by atoms with Gasteiger partial charge in [0.2, 0.25) is 0 Å². The maximum Gasteiger partial charge on any atom is 0.138 e. The van der Waals surface area contributed by atoms with E-state index in [1.807, 2.05) is 18.2 Å². The second kappa shape index (κ2) is 7.40. The lowest BCUT2D eigenvalue weighted by Gasteiger charge is -2.15. The molecule has 0 radical (unpaired) electrons. The summed E-state index contributed by atoms with van der Waals surface area (Å²) in [4.78, 5) is 4.00. The first kappa shape index (κ1) is 16.4. The molecule has 7 heteroatoms. The molecule has 1 unspecified atom stereocenters. The minimum absolute atomic E-state index is 0.150. The number of halogens is 1. The van der Waals surface area contributed by atoms with Crippen LogP contribution < -0.4 is 5.32 Å². The summed E-state index contributed by atoms with van der Waals surface area (Å²) in [5.41, 5.74) is 2.06. The highest BCUT2D eigenvalue weighted by molar-refractivity contribution is 6.30. The fraction of sp³-hybridized carbons (Fsp3) is 0.500. The normalized spacial score (nSPS) is 24.2. The molecule has 124 valence electrons. The predicted molar refractivity (Wildman–Crippen MR) is 87.8 cm³/mol. The van der Waals surface area contributed by atoms with Gasteiger partial charge in [-0.1, -0.05) is 17.7 Å². The van der Waals surface area contributed by atoms with Gasteiger partial charge >= 0.3 is 0 Å². The molecule has 1 aromatic carbocycles. The van der Waals surface area contributed by atoms with Gasteiger partial charge in [-0.3, -0.25) is 0 Å². The highest BCUT2D eigenvalue weighted by Gasteiger charge is 2.34. The molecule has 1 heterocycles. The zero-order chi connectivity index (χ0) is 16.2. The van der Waals surface area contributed by atoms with E-state index in [4.69, 9.17) is 21.1 Å². The van der Waals surface area contributed by atoms with Crippen LogP contribution in [0.15, 0.2) is 30.9 Å². The highest BCUT2D eigenvalue weighted by atomic mass is 35.5. The molecule has 0 amide bonds. The van der Waals surface area contributed by atoms with Crippen LogP contribution in [0.25, 0.3) is 5.69 Å². The lowest BCUT2D eigenvalue weighted by Crippen LogP contribution is -2.27. The molecule has 23 heavy (non-hydrogen) atoms. The summed E-state index contributed by atoms with van der Waals surface area (Å²) < 4.78 is 12.7. The van der Waals surface area contributed by atoms with Gasteiger partial charge in [0.15, 0.2) is 0 Å². The average molecular weight is 337 g/mol. The molecule has 0 spiro atoms. The Bertz CT molecular complexity index is 623. The van der Waals surface area contributed by atoms with Gasteiger partial charge in [-0.25, -0.2) is 9.67 Å². The average Bonchev–Trinajstić information content (AvgIpc) is 3.22. The van der Waals surface area contributed by atoms with Gasteiger partial charge in [-0.05, 0) is 30.5 Å². The van der Waals surface area contributed by atoms with Crippen LogP contribution in [0.4, 0.5) is 0 Å². The maximum atomic E-state index is 6.12. The molecule has 0 saturated heterocycles. The van der Waals surface area contributed by atoms with Crippen LogP contribution in [0.2, 0.25) is 5.02 Å². The predicted octanol–water partition coefficient (Wildman–Crippen LogP) is 2.20. The fourth-order valence-electron chi connectivity index (χ4n) is 3.11. The number of nitrogens with zero attached hydrogens (tertiary/aromatic N) is 3. The Morgan fingerprint density at radius 3 is 2.61 bits per heavy atom. The Morgan fingerprint density at radius 1 is 1.26 bits per heavy atom. The van der Waals surface area contributed by atoms with Crippen molar-refractivity contribution in [3.63, 3.8) is 0 Å². The first-order valence-corrected chi connectivity index (χ1v) is 8.01. The van der Waals surface area contributed by atoms with E-state index in [0.717, 1.165) is 30.6 Å².